The molecule has 0 aromatic heterocycles. The van der Waals surface area contributed by atoms with Crippen LogP contribution in [0.4, 0.5) is 0 Å². The van der Waals surface area contributed by atoms with E-state index in [1.807, 2.05) is 6.92 Å². The molecule has 2 bridgehead atoms. The molecule has 0 N–H and O–H groups in total. The van der Waals surface area contributed by atoms with Crippen LogP contribution in [0, 0.1) is 29.1 Å². The summed E-state index contributed by atoms with van der Waals surface area (Å²) in [6, 6.07) is 8.92. The first-order valence-corrected chi connectivity index (χ1v) is 7.67. The Bertz CT molecular complexity index is 635. The average Bonchev–Trinajstić information content (AvgIpc) is 2.26. The van der Waals surface area contributed by atoms with E-state index < -0.39 is 10.1 Å². The standard InChI is InChI=1S/C14H15NO3S/c1-11-2-4-12(5-3-11)19(16,17)18-10-14-6-13(7-14,8-14)9-15/h2-5H,6-8,10H2,1H3. The van der Waals surface area contributed by atoms with Gasteiger partial charge in [-0.25, -0.2) is 0 Å². The second-order valence-electron chi connectivity index (χ2n) is 5.95. The molecule has 0 amide bonds. The van der Waals surface area contributed by atoms with E-state index >= 15 is 0 Å². The van der Waals surface area contributed by atoms with Crippen molar-refractivity contribution in [1.82, 2.24) is 0 Å². The Labute approximate surface area is 113 Å². The summed E-state index contributed by atoms with van der Waals surface area (Å²) in [5.41, 5.74) is 0.777. The molecule has 0 heterocycles. The van der Waals surface area contributed by atoms with Gasteiger partial charge in [0.2, 0.25) is 0 Å². The first kappa shape index (κ1) is 12.6. The van der Waals surface area contributed by atoms with Crippen molar-refractivity contribution in [1.29, 1.82) is 5.26 Å². The second kappa shape index (κ2) is 3.81. The Morgan fingerprint density at radius 1 is 1.26 bits per heavy atom. The fraction of sp³-hybridized carbons (Fsp3) is 0.500. The maximum Gasteiger partial charge on any atom is 0.296 e. The van der Waals surface area contributed by atoms with Gasteiger partial charge in [-0.15, -0.1) is 0 Å². The monoisotopic (exact) mass is 277 g/mol. The number of nitriles is 1. The third kappa shape index (κ3) is 1.96. The van der Waals surface area contributed by atoms with Gasteiger partial charge in [-0.2, -0.15) is 13.7 Å². The summed E-state index contributed by atoms with van der Waals surface area (Å²) < 4.78 is 29.2. The molecular weight excluding hydrogens is 262 g/mol. The van der Waals surface area contributed by atoms with Crippen molar-refractivity contribution < 1.29 is 12.6 Å². The van der Waals surface area contributed by atoms with Gasteiger partial charge in [-0.3, -0.25) is 4.18 Å². The van der Waals surface area contributed by atoms with Crippen LogP contribution in [0.3, 0.4) is 0 Å². The SMILES string of the molecule is Cc1ccc(S(=O)(=O)OCC23CC(C#N)(C2)C3)cc1. The normalized spacial score (nSPS) is 32.0. The van der Waals surface area contributed by atoms with Crippen molar-refractivity contribution in [2.75, 3.05) is 6.61 Å². The third-order valence-corrected chi connectivity index (χ3v) is 5.48. The molecule has 3 aliphatic carbocycles. The summed E-state index contributed by atoms with van der Waals surface area (Å²) in [6.07, 6.45) is 2.33. The van der Waals surface area contributed by atoms with Gasteiger partial charge in [0.25, 0.3) is 10.1 Å². The largest absolute Gasteiger partial charge is 0.296 e. The lowest BCUT2D eigenvalue weighted by molar-refractivity contribution is -0.181. The van der Waals surface area contributed by atoms with Crippen molar-refractivity contribution in [3.63, 3.8) is 0 Å². The molecule has 0 saturated heterocycles. The average molecular weight is 277 g/mol. The molecule has 4 nitrogen and oxygen atoms in total. The minimum absolute atomic E-state index is 0.0620. The predicted octanol–water partition coefficient (Wildman–Crippen LogP) is 2.39. The molecule has 19 heavy (non-hydrogen) atoms. The molecule has 0 aliphatic heterocycles. The Morgan fingerprint density at radius 3 is 2.37 bits per heavy atom. The molecule has 4 rings (SSSR count). The van der Waals surface area contributed by atoms with Gasteiger partial charge in [-0.1, -0.05) is 17.7 Å². The van der Waals surface area contributed by atoms with Crippen LogP contribution in [0.25, 0.3) is 0 Å². The number of rotatable bonds is 4. The number of nitrogens with zero attached hydrogens (tertiary/aromatic N) is 1. The maximum absolute atomic E-state index is 12.0. The van der Waals surface area contributed by atoms with Gasteiger partial charge in [0.05, 0.1) is 23.0 Å². The second-order valence-corrected chi connectivity index (χ2v) is 7.57. The fourth-order valence-corrected chi connectivity index (χ4v) is 4.26. The Hall–Kier alpha value is -1.38. The molecular formula is C14H15NO3S. The minimum Gasteiger partial charge on any atom is -0.266 e. The van der Waals surface area contributed by atoms with E-state index in [1.54, 1.807) is 24.3 Å². The number of benzene rings is 1. The first-order chi connectivity index (χ1) is 8.89. The fourth-order valence-electron chi connectivity index (χ4n) is 3.25. The molecule has 3 saturated carbocycles. The zero-order valence-electron chi connectivity index (χ0n) is 10.7. The van der Waals surface area contributed by atoms with Crippen LogP contribution in [0.1, 0.15) is 24.8 Å². The van der Waals surface area contributed by atoms with Gasteiger partial charge < -0.3 is 0 Å². The quantitative estimate of drug-likeness (QED) is 0.792. The molecule has 1 aromatic rings. The van der Waals surface area contributed by atoms with Gasteiger partial charge >= 0.3 is 0 Å². The van der Waals surface area contributed by atoms with Gasteiger partial charge in [-0.05, 0) is 43.7 Å². The molecule has 3 aliphatic rings. The summed E-state index contributed by atoms with van der Waals surface area (Å²) >= 11 is 0. The topological polar surface area (TPSA) is 67.2 Å². The minimum atomic E-state index is -3.67. The third-order valence-electron chi connectivity index (χ3n) is 4.21. The number of hydrogen-bond donors (Lipinski definition) is 0. The van der Waals surface area contributed by atoms with Crippen molar-refractivity contribution in [2.24, 2.45) is 10.8 Å². The summed E-state index contributed by atoms with van der Waals surface area (Å²) in [5.74, 6) is 0. The highest BCUT2D eigenvalue weighted by Crippen LogP contribution is 2.73. The molecule has 3 fully saturated rings. The van der Waals surface area contributed by atoms with E-state index in [4.69, 9.17) is 9.44 Å². The van der Waals surface area contributed by atoms with E-state index in [-0.39, 0.29) is 22.3 Å². The summed E-state index contributed by atoms with van der Waals surface area (Å²) in [4.78, 5) is 0.194. The summed E-state index contributed by atoms with van der Waals surface area (Å²) in [7, 11) is -3.67. The maximum atomic E-state index is 12.0. The highest BCUT2D eigenvalue weighted by atomic mass is 32.2. The summed E-state index contributed by atoms with van der Waals surface area (Å²) in [6.45, 7) is 2.10. The van der Waals surface area contributed by atoms with Crippen molar-refractivity contribution in [2.45, 2.75) is 31.1 Å². The lowest BCUT2D eigenvalue weighted by Gasteiger charge is -2.66. The summed E-state index contributed by atoms with van der Waals surface area (Å²) in [5, 5.41) is 8.92. The lowest BCUT2D eigenvalue weighted by atomic mass is 9.36. The first-order valence-electron chi connectivity index (χ1n) is 6.26. The molecule has 0 unspecified atom stereocenters. The van der Waals surface area contributed by atoms with Crippen LogP contribution >= 0.6 is 0 Å². The van der Waals surface area contributed by atoms with E-state index in [1.165, 1.54) is 0 Å². The molecule has 100 valence electrons. The van der Waals surface area contributed by atoms with E-state index in [9.17, 15) is 8.42 Å². The van der Waals surface area contributed by atoms with Gasteiger partial charge in [0.1, 0.15) is 0 Å². The Kier molecular flexibility index (Phi) is 2.54. The Balaban J connectivity index is 1.65. The molecule has 1 aromatic carbocycles. The van der Waals surface area contributed by atoms with Gasteiger partial charge in [0.15, 0.2) is 0 Å². The Morgan fingerprint density at radius 2 is 1.84 bits per heavy atom. The van der Waals surface area contributed by atoms with Gasteiger partial charge in [0, 0.05) is 0 Å². The number of hydrogen-bond acceptors (Lipinski definition) is 4. The molecule has 0 spiro atoms. The van der Waals surface area contributed by atoms with Crippen LogP contribution in [0.15, 0.2) is 29.2 Å². The zero-order chi connectivity index (χ0) is 13.7. The lowest BCUT2D eigenvalue weighted by Crippen LogP contribution is -2.63. The number of aryl methyl sites for hydroxylation is 1. The van der Waals surface area contributed by atoms with Crippen molar-refractivity contribution in [3.05, 3.63) is 29.8 Å². The van der Waals surface area contributed by atoms with Crippen LogP contribution in [0.5, 0.6) is 0 Å². The molecule has 5 heteroatoms. The van der Waals surface area contributed by atoms with E-state index in [0.29, 0.717) is 0 Å². The molecule has 0 atom stereocenters. The molecule has 0 radical (unpaired) electrons. The van der Waals surface area contributed by atoms with E-state index in [0.717, 1.165) is 24.8 Å². The van der Waals surface area contributed by atoms with Crippen molar-refractivity contribution >= 4 is 10.1 Å². The van der Waals surface area contributed by atoms with E-state index in [2.05, 4.69) is 6.07 Å². The predicted molar refractivity (Wildman–Crippen MR) is 68.6 cm³/mol. The van der Waals surface area contributed by atoms with Crippen LogP contribution in [-0.4, -0.2) is 15.0 Å². The highest BCUT2D eigenvalue weighted by molar-refractivity contribution is 7.86. The highest BCUT2D eigenvalue weighted by Gasteiger charge is 2.68. The van der Waals surface area contributed by atoms with Crippen molar-refractivity contribution in [3.8, 4) is 6.07 Å². The smallest absolute Gasteiger partial charge is 0.266 e. The van der Waals surface area contributed by atoms with Crippen LogP contribution in [0.2, 0.25) is 0 Å². The van der Waals surface area contributed by atoms with Crippen LogP contribution in [-0.2, 0) is 14.3 Å². The zero-order valence-corrected chi connectivity index (χ0v) is 11.5. The van der Waals surface area contributed by atoms with Crippen LogP contribution < -0.4 is 0 Å².